The van der Waals surface area contributed by atoms with Gasteiger partial charge in [-0.25, -0.2) is 4.79 Å². The van der Waals surface area contributed by atoms with E-state index >= 15 is 0 Å². The minimum Gasteiger partial charge on any atom is -0.465 e. The Morgan fingerprint density at radius 3 is 2.53 bits per heavy atom. The third-order valence-corrected chi connectivity index (χ3v) is 5.78. The highest BCUT2D eigenvalue weighted by molar-refractivity contribution is 7.17. The second-order valence-electron chi connectivity index (χ2n) is 7.23. The number of benzene rings is 1. The largest absolute Gasteiger partial charge is 0.465 e. The summed E-state index contributed by atoms with van der Waals surface area (Å²) < 4.78 is 6.77. The van der Waals surface area contributed by atoms with E-state index in [4.69, 9.17) is 4.74 Å². The Bertz CT molecular complexity index is 1060. The molecule has 0 saturated carbocycles. The summed E-state index contributed by atoms with van der Waals surface area (Å²) >= 11 is 1.38. The lowest BCUT2D eigenvalue weighted by Gasteiger charge is -2.16. The fourth-order valence-electron chi connectivity index (χ4n) is 3.44. The number of rotatable bonds is 7. The van der Waals surface area contributed by atoms with E-state index < -0.39 is 5.97 Å². The van der Waals surface area contributed by atoms with Crippen LogP contribution in [0.1, 0.15) is 26.5 Å². The van der Waals surface area contributed by atoms with Crippen LogP contribution in [0.3, 0.4) is 0 Å². The number of nitrogens with one attached hydrogen (secondary N) is 1. The zero-order valence-corrected chi connectivity index (χ0v) is 18.7. The Morgan fingerprint density at radius 1 is 1.23 bits per heavy atom. The van der Waals surface area contributed by atoms with Crippen LogP contribution in [0.5, 0.6) is 0 Å². The summed E-state index contributed by atoms with van der Waals surface area (Å²) in [5.41, 5.74) is 4.12. The highest BCUT2D eigenvalue weighted by Crippen LogP contribution is 2.40. The Balaban J connectivity index is 1.79. The molecule has 1 aromatic carbocycles. The number of carbonyl (C=O) groups excluding carboxylic acids is 2. The van der Waals surface area contributed by atoms with Gasteiger partial charge in [0, 0.05) is 35.8 Å². The molecule has 0 bridgehead atoms. The Hall–Kier alpha value is -2.97. The number of aromatic nitrogens is 2. The predicted molar refractivity (Wildman–Crippen MR) is 119 cm³/mol. The molecule has 30 heavy (non-hydrogen) atoms. The summed E-state index contributed by atoms with van der Waals surface area (Å²) in [5.74, 6) is -0.655. The predicted octanol–water partition coefficient (Wildman–Crippen LogP) is 3.62. The zero-order chi connectivity index (χ0) is 21.8. The molecule has 3 aromatic rings. The maximum atomic E-state index is 12.7. The SMILES string of the molecule is COC(=O)c1c(NC(=O)CN(C)Cc2cn(C)nc2C)sc(C)c1-c1ccccc1. The number of likely N-dealkylation sites (N-methyl/N-ethyl adjacent to an activating group) is 1. The molecule has 2 heterocycles. The number of methoxy groups -OCH3 is 1. The number of nitrogens with zero attached hydrogens (tertiary/aromatic N) is 3. The van der Waals surface area contributed by atoms with Crippen LogP contribution in [0.15, 0.2) is 36.5 Å². The molecular weight excluding hydrogens is 400 g/mol. The molecule has 0 unspecified atom stereocenters. The molecule has 0 radical (unpaired) electrons. The van der Waals surface area contributed by atoms with Crippen molar-refractivity contribution in [1.29, 1.82) is 0 Å². The highest BCUT2D eigenvalue weighted by atomic mass is 32.1. The van der Waals surface area contributed by atoms with Gasteiger partial charge in [-0.1, -0.05) is 30.3 Å². The first-order chi connectivity index (χ1) is 14.3. The number of hydrogen-bond donors (Lipinski definition) is 1. The maximum Gasteiger partial charge on any atom is 0.341 e. The van der Waals surface area contributed by atoms with Crippen LogP contribution in [-0.2, 0) is 23.1 Å². The maximum absolute atomic E-state index is 12.7. The summed E-state index contributed by atoms with van der Waals surface area (Å²) in [6.07, 6.45) is 1.95. The van der Waals surface area contributed by atoms with Crippen LogP contribution in [0, 0.1) is 13.8 Å². The van der Waals surface area contributed by atoms with Crippen LogP contribution >= 0.6 is 11.3 Å². The van der Waals surface area contributed by atoms with Crippen molar-refractivity contribution in [3.63, 3.8) is 0 Å². The van der Waals surface area contributed by atoms with Crippen molar-refractivity contribution in [2.45, 2.75) is 20.4 Å². The number of thiophene rings is 1. The fraction of sp³-hybridized carbons (Fsp3) is 0.318. The number of hydrogen-bond acceptors (Lipinski definition) is 6. The minimum absolute atomic E-state index is 0.187. The second-order valence-corrected chi connectivity index (χ2v) is 8.45. The van der Waals surface area contributed by atoms with Crippen LogP contribution in [0.2, 0.25) is 0 Å². The van der Waals surface area contributed by atoms with Gasteiger partial charge >= 0.3 is 5.97 Å². The van der Waals surface area contributed by atoms with E-state index in [1.54, 1.807) is 4.68 Å². The molecule has 158 valence electrons. The molecule has 2 aromatic heterocycles. The first-order valence-electron chi connectivity index (χ1n) is 9.54. The van der Waals surface area contributed by atoms with E-state index in [1.807, 2.05) is 69.4 Å². The van der Waals surface area contributed by atoms with Gasteiger partial charge in [0.15, 0.2) is 0 Å². The monoisotopic (exact) mass is 426 g/mol. The molecule has 0 aliphatic rings. The molecule has 8 heteroatoms. The normalized spacial score (nSPS) is 11.0. The van der Waals surface area contributed by atoms with Crippen LogP contribution < -0.4 is 5.32 Å². The van der Waals surface area contributed by atoms with Crippen molar-refractivity contribution >= 4 is 28.2 Å². The summed E-state index contributed by atoms with van der Waals surface area (Å²) in [4.78, 5) is 28.1. The molecule has 1 amide bonds. The molecule has 0 saturated heterocycles. The molecule has 0 spiro atoms. The van der Waals surface area contributed by atoms with Gasteiger partial charge < -0.3 is 10.1 Å². The van der Waals surface area contributed by atoms with Gasteiger partial charge in [-0.15, -0.1) is 11.3 Å². The third-order valence-electron chi connectivity index (χ3n) is 4.76. The number of anilines is 1. The van der Waals surface area contributed by atoms with Crippen LogP contribution in [-0.4, -0.2) is 47.3 Å². The molecule has 0 aliphatic carbocycles. The lowest BCUT2D eigenvalue weighted by molar-refractivity contribution is -0.117. The number of ether oxygens (including phenoxy) is 1. The van der Waals surface area contributed by atoms with Crippen molar-refractivity contribution in [3.05, 3.63) is 58.2 Å². The fourth-order valence-corrected chi connectivity index (χ4v) is 4.52. The van der Waals surface area contributed by atoms with E-state index in [-0.39, 0.29) is 12.5 Å². The van der Waals surface area contributed by atoms with Crippen molar-refractivity contribution < 1.29 is 14.3 Å². The van der Waals surface area contributed by atoms with Gasteiger partial charge in [0.25, 0.3) is 0 Å². The molecule has 0 aliphatic heterocycles. The van der Waals surface area contributed by atoms with E-state index in [9.17, 15) is 9.59 Å². The lowest BCUT2D eigenvalue weighted by Crippen LogP contribution is -2.30. The first-order valence-corrected chi connectivity index (χ1v) is 10.4. The summed E-state index contributed by atoms with van der Waals surface area (Å²) in [6, 6.07) is 9.64. The van der Waals surface area contributed by atoms with E-state index in [1.165, 1.54) is 18.4 Å². The average Bonchev–Trinajstić information content (AvgIpc) is 3.19. The molecule has 7 nitrogen and oxygen atoms in total. The number of amides is 1. The summed E-state index contributed by atoms with van der Waals surface area (Å²) in [6.45, 7) is 4.68. The molecule has 1 N–H and O–H groups in total. The van der Waals surface area contributed by atoms with Gasteiger partial charge in [-0.05, 0) is 26.5 Å². The van der Waals surface area contributed by atoms with E-state index in [0.29, 0.717) is 17.1 Å². The van der Waals surface area contributed by atoms with Gasteiger partial charge in [0.1, 0.15) is 10.6 Å². The van der Waals surface area contributed by atoms with Gasteiger partial charge in [-0.3, -0.25) is 14.4 Å². The van der Waals surface area contributed by atoms with E-state index in [0.717, 1.165) is 27.3 Å². The van der Waals surface area contributed by atoms with Crippen LogP contribution in [0.4, 0.5) is 5.00 Å². The standard InChI is InChI=1S/C22H26N4O3S/c1-14-17(12-26(4)24-14)11-25(3)13-18(27)23-21-20(22(28)29-5)19(15(2)30-21)16-9-7-6-8-10-16/h6-10,12H,11,13H2,1-5H3,(H,23,27). The quantitative estimate of drug-likeness (QED) is 0.584. The number of esters is 1. The number of carbonyl (C=O) groups is 2. The van der Waals surface area contributed by atoms with Gasteiger partial charge in [-0.2, -0.15) is 5.10 Å². The van der Waals surface area contributed by atoms with Gasteiger partial charge in [0.05, 0.1) is 19.3 Å². The van der Waals surface area contributed by atoms with Gasteiger partial charge in [0.2, 0.25) is 5.91 Å². The van der Waals surface area contributed by atoms with Crippen molar-refractivity contribution in [2.75, 3.05) is 26.0 Å². The molecule has 0 fully saturated rings. The topological polar surface area (TPSA) is 76.5 Å². The smallest absolute Gasteiger partial charge is 0.341 e. The summed E-state index contributed by atoms with van der Waals surface area (Å²) in [5, 5.41) is 7.75. The van der Waals surface area contributed by atoms with Crippen LogP contribution in [0.25, 0.3) is 11.1 Å². The Kier molecular flexibility index (Phi) is 6.69. The lowest BCUT2D eigenvalue weighted by atomic mass is 10.0. The molecule has 3 rings (SSSR count). The second kappa shape index (κ2) is 9.23. The van der Waals surface area contributed by atoms with Crippen molar-refractivity contribution in [1.82, 2.24) is 14.7 Å². The van der Waals surface area contributed by atoms with Crippen molar-refractivity contribution in [3.8, 4) is 11.1 Å². The zero-order valence-electron chi connectivity index (χ0n) is 17.9. The molecule has 0 atom stereocenters. The molecular formula is C22H26N4O3S. The first kappa shape index (κ1) is 21.7. The minimum atomic E-state index is -0.465. The third kappa shape index (κ3) is 4.77. The highest BCUT2D eigenvalue weighted by Gasteiger charge is 2.25. The Labute approximate surface area is 180 Å². The Morgan fingerprint density at radius 2 is 1.93 bits per heavy atom. The van der Waals surface area contributed by atoms with E-state index in [2.05, 4.69) is 10.4 Å². The average molecular weight is 427 g/mol. The number of aryl methyl sites for hydroxylation is 3. The summed E-state index contributed by atoms with van der Waals surface area (Å²) in [7, 11) is 5.10. The van der Waals surface area contributed by atoms with Crippen molar-refractivity contribution in [2.24, 2.45) is 7.05 Å².